The second-order valence-corrected chi connectivity index (χ2v) is 8.64. The summed E-state index contributed by atoms with van der Waals surface area (Å²) in [6.45, 7) is 2.04. The molecule has 0 radical (unpaired) electrons. The molecule has 1 saturated heterocycles. The lowest BCUT2D eigenvalue weighted by molar-refractivity contribution is -0.385. The molecule has 1 amide bonds. The molecule has 3 aromatic heterocycles. The van der Waals surface area contributed by atoms with Crippen molar-refractivity contribution < 1.29 is 18.8 Å². The number of aromatic nitrogens is 3. The summed E-state index contributed by atoms with van der Waals surface area (Å²) in [6.07, 6.45) is 6.77. The molecule has 0 saturated carbocycles. The summed E-state index contributed by atoms with van der Waals surface area (Å²) in [5, 5.41) is 15.2. The van der Waals surface area contributed by atoms with Crippen LogP contribution >= 0.6 is 11.3 Å². The Kier molecular flexibility index (Phi) is 5.47. The summed E-state index contributed by atoms with van der Waals surface area (Å²) in [4.78, 5) is 29.1. The van der Waals surface area contributed by atoms with Gasteiger partial charge in [-0.15, -0.1) is 11.3 Å². The third-order valence-corrected chi connectivity index (χ3v) is 6.60. The average molecular weight is 467 g/mol. The molecule has 0 aliphatic carbocycles. The van der Waals surface area contributed by atoms with Crippen molar-refractivity contribution >= 4 is 33.1 Å². The first kappa shape index (κ1) is 21.0. The van der Waals surface area contributed by atoms with Crippen LogP contribution < -0.4 is 4.74 Å². The van der Waals surface area contributed by atoms with Gasteiger partial charge in [-0.25, -0.2) is 4.39 Å². The van der Waals surface area contributed by atoms with Crippen molar-refractivity contribution in [1.82, 2.24) is 19.7 Å². The zero-order valence-electron chi connectivity index (χ0n) is 17.3. The molecule has 1 fully saturated rings. The Balaban J connectivity index is 1.36. The molecule has 0 N–H and O–H groups in total. The first-order chi connectivity index (χ1) is 16.0. The summed E-state index contributed by atoms with van der Waals surface area (Å²) in [5.41, 5.74) is 1.24. The molecule has 11 heteroatoms. The maximum atomic E-state index is 14.3. The van der Waals surface area contributed by atoms with Crippen molar-refractivity contribution in [2.24, 2.45) is 0 Å². The van der Waals surface area contributed by atoms with E-state index in [1.807, 2.05) is 21.8 Å². The normalized spacial score (nSPS) is 13.7. The smallest absolute Gasteiger partial charge is 0.272 e. The fourth-order valence-electron chi connectivity index (χ4n) is 3.72. The Labute approximate surface area is 191 Å². The molecule has 168 valence electrons. The first-order valence-electron chi connectivity index (χ1n) is 10.3. The van der Waals surface area contributed by atoms with Gasteiger partial charge in [-0.2, -0.15) is 5.10 Å². The van der Waals surface area contributed by atoms with Gasteiger partial charge in [0, 0.05) is 54.5 Å². The van der Waals surface area contributed by atoms with E-state index in [2.05, 4.69) is 10.1 Å². The van der Waals surface area contributed by atoms with E-state index in [1.165, 1.54) is 23.5 Å². The second-order valence-electron chi connectivity index (χ2n) is 7.58. The molecule has 9 nitrogen and oxygen atoms in total. The quantitative estimate of drug-likeness (QED) is 0.290. The molecule has 1 aliphatic rings. The number of ether oxygens (including phenoxy) is 1. The number of hydrogen-bond donors (Lipinski definition) is 0. The Morgan fingerprint density at radius 3 is 2.85 bits per heavy atom. The van der Waals surface area contributed by atoms with Crippen LogP contribution in [0.15, 0.2) is 48.9 Å². The van der Waals surface area contributed by atoms with Gasteiger partial charge in [-0.3, -0.25) is 24.6 Å². The van der Waals surface area contributed by atoms with Crippen LogP contribution in [0.4, 0.5) is 10.1 Å². The Hall–Kier alpha value is -3.86. The van der Waals surface area contributed by atoms with Gasteiger partial charge < -0.3 is 9.64 Å². The van der Waals surface area contributed by atoms with Crippen LogP contribution in [-0.4, -0.2) is 43.6 Å². The fraction of sp³-hybridized carbons (Fsp3) is 0.227. The molecule has 4 aromatic rings. The molecule has 0 bridgehead atoms. The van der Waals surface area contributed by atoms with Crippen molar-refractivity contribution in [3.8, 4) is 21.9 Å². The number of pyridine rings is 1. The maximum absolute atomic E-state index is 14.3. The van der Waals surface area contributed by atoms with Crippen molar-refractivity contribution in [2.45, 2.75) is 19.4 Å². The number of nitro groups is 1. The highest BCUT2D eigenvalue weighted by Crippen LogP contribution is 2.39. The van der Waals surface area contributed by atoms with Crippen molar-refractivity contribution in [1.29, 1.82) is 0 Å². The molecule has 0 atom stereocenters. The SMILES string of the molecule is O=C1CCCN1CCn1cc(-c2cc3nccc(Oc4ccc([N+](=O)[O-])cc4F)c3s2)cn1. The monoisotopic (exact) mass is 467 g/mol. The van der Waals surface area contributed by atoms with E-state index in [9.17, 15) is 19.3 Å². The number of thiophene rings is 1. The number of benzene rings is 1. The molecule has 1 aromatic carbocycles. The van der Waals surface area contributed by atoms with E-state index in [1.54, 1.807) is 18.5 Å². The van der Waals surface area contributed by atoms with Crippen LogP contribution in [0.25, 0.3) is 20.7 Å². The number of likely N-dealkylation sites (tertiary alicyclic amines) is 1. The molecule has 1 aliphatic heterocycles. The van der Waals surface area contributed by atoms with E-state index in [0.717, 1.165) is 34.2 Å². The molecular formula is C22H18FN5O4S. The Morgan fingerprint density at radius 1 is 1.21 bits per heavy atom. The number of halogens is 1. The largest absolute Gasteiger partial charge is 0.453 e. The zero-order chi connectivity index (χ0) is 22.9. The Bertz CT molecular complexity index is 1370. The minimum Gasteiger partial charge on any atom is -0.453 e. The number of nitrogens with zero attached hydrogens (tertiary/aromatic N) is 5. The highest BCUT2D eigenvalue weighted by Gasteiger charge is 2.20. The van der Waals surface area contributed by atoms with Gasteiger partial charge in [0.2, 0.25) is 5.91 Å². The molecule has 0 spiro atoms. The lowest BCUT2D eigenvalue weighted by atomic mass is 10.2. The summed E-state index contributed by atoms with van der Waals surface area (Å²) < 4.78 is 22.6. The highest BCUT2D eigenvalue weighted by molar-refractivity contribution is 7.22. The number of amides is 1. The van der Waals surface area contributed by atoms with Crippen LogP contribution in [0.1, 0.15) is 12.8 Å². The molecule has 5 rings (SSSR count). The third kappa shape index (κ3) is 4.27. The Morgan fingerprint density at radius 2 is 2.09 bits per heavy atom. The third-order valence-electron chi connectivity index (χ3n) is 5.41. The standard InChI is InChI=1S/C22H18FN5O4S/c23-16-10-15(28(30)31)3-4-18(16)32-19-5-6-24-17-11-20(33-22(17)19)14-12-25-27(13-14)9-8-26-7-1-2-21(26)29/h3-6,10-13H,1-2,7-9H2. The number of nitro benzene ring substituents is 1. The zero-order valence-corrected chi connectivity index (χ0v) is 18.1. The van der Waals surface area contributed by atoms with Gasteiger partial charge >= 0.3 is 0 Å². The van der Waals surface area contributed by atoms with E-state index in [4.69, 9.17) is 4.74 Å². The highest BCUT2D eigenvalue weighted by atomic mass is 32.1. The van der Waals surface area contributed by atoms with Crippen LogP contribution in [0, 0.1) is 15.9 Å². The summed E-state index contributed by atoms with van der Waals surface area (Å²) >= 11 is 1.43. The second kappa shape index (κ2) is 8.58. The first-order valence-corrected chi connectivity index (χ1v) is 11.1. The van der Waals surface area contributed by atoms with Crippen molar-refractivity contribution in [2.75, 3.05) is 13.1 Å². The minimum absolute atomic E-state index is 0.104. The number of non-ortho nitro benzene ring substituents is 1. The summed E-state index contributed by atoms with van der Waals surface area (Å²) in [5.74, 6) is -0.324. The molecule has 33 heavy (non-hydrogen) atoms. The van der Waals surface area contributed by atoms with Crippen LogP contribution in [-0.2, 0) is 11.3 Å². The van der Waals surface area contributed by atoms with Crippen molar-refractivity contribution in [3.63, 3.8) is 0 Å². The van der Waals surface area contributed by atoms with Gasteiger partial charge in [0.05, 0.1) is 33.9 Å². The van der Waals surface area contributed by atoms with Crippen LogP contribution in [0.5, 0.6) is 11.5 Å². The predicted molar refractivity (Wildman–Crippen MR) is 120 cm³/mol. The molecular weight excluding hydrogens is 449 g/mol. The van der Waals surface area contributed by atoms with E-state index >= 15 is 0 Å². The van der Waals surface area contributed by atoms with Crippen LogP contribution in [0.3, 0.4) is 0 Å². The topological polar surface area (TPSA) is 103 Å². The minimum atomic E-state index is -0.816. The van der Waals surface area contributed by atoms with E-state index in [-0.39, 0.29) is 17.3 Å². The molecule has 4 heterocycles. The number of hydrogen-bond acceptors (Lipinski definition) is 7. The number of rotatable bonds is 7. The van der Waals surface area contributed by atoms with Gasteiger partial charge in [0.25, 0.3) is 5.69 Å². The lowest BCUT2D eigenvalue weighted by Crippen LogP contribution is -2.28. The van der Waals surface area contributed by atoms with Crippen molar-refractivity contribution in [3.05, 3.63) is 64.9 Å². The lowest BCUT2D eigenvalue weighted by Gasteiger charge is -2.14. The predicted octanol–water partition coefficient (Wildman–Crippen LogP) is 4.62. The molecule has 0 unspecified atom stereocenters. The average Bonchev–Trinajstić information content (AvgIpc) is 3.53. The van der Waals surface area contributed by atoms with Gasteiger partial charge in [-0.05, 0) is 18.6 Å². The fourth-order valence-corrected chi connectivity index (χ4v) is 4.76. The number of carbonyl (C=O) groups is 1. The van der Waals surface area contributed by atoms with Gasteiger partial charge in [0.1, 0.15) is 5.75 Å². The maximum Gasteiger partial charge on any atom is 0.272 e. The summed E-state index contributed by atoms with van der Waals surface area (Å²) in [6, 6.07) is 6.80. The van der Waals surface area contributed by atoms with Gasteiger partial charge in [0.15, 0.2) is 11.6 Å². The summed E-state index contributed by atoms with van der Waals surface area (Å²) in [7, 11) is 0. The van der Waals surface area contributed by atoms with Crippen LogP contribution in [0.2, 0.25) is 0 Å². The van der Waals surface area contributed by atoms with Gasteiger partial charge in [-0.1, -0.05) is 0 Å². The number of carbonyl (C=O) groups excluding carboxylic acids is 1. The van der Waals surface area contributed by atoms with E-state index < -0.39 is 10.7 Å². The van der Waals surface area contributed by atoms with E-state index in [0.29, 0.717) is 30.8 Å². The number of fused-ring (bicyclic) bond motifs is 1.